The fourth-order valence-electron chi connectivity index (χ4n) is 2.44. The van der Waals surface area contributed by atoms with Crippen LogP contribution < -0.4 is 10.2 Å². The number of methoxy groups -OCH3 is 1. The molecule has 0 spiro atoms. The summed E-state index contributed by atoms with van der Waals surface area (Å²) < 4.78 is 5.45. The van der Waals surface area contributed by atoms with E-state index in [1.807, 2.05) is 0 Å². The fraction of sp³-hybridized carbons (Fsp3) is 0.625. The highest BCUT2D eigenvalue weighted by Gasteiger charge is 2.22. The normalized spacial score (nSPS) is 17.7. The minimum absolute atomic E-state index is 0.0729. The Balaban J connectivity index is 1.77. The predicted octanol–water partition coefficient (Wildman–Crippen LogP) is 2.67. The second kappa shape index (κ2) is 6.40. The van der Waals surface area contributed by atoms with Gasteiger partial charge in [-0.1, -0.05) is 18.2 Å². The maximum atomic E-state index is 5.45. The molecule has 0 bridgehead atoms. The lowest BCUT2D eigenvalue weighted by molar-refractivity contribution is 0.0204. The summed E-state index contributed by atoms with van der Waals surface area (Å²) in [4.78, 5) is 2.47. The molecule has 1 aromatic rings. The number of nitrogens with one attached hydrogen (secondary N) is 1. The van der Waals surface area contributed by atoms with Crippen molar-refractivity contribution in [1.82, 2.24) is 5.32 Å². The van der Waals surface area contributed by atoms with Gasteiger partial charge in [-0.2, -0.15) is 0 Å². The maximum absolute atomic E-state index is 5.45. The van der Waals surface area contributed by atoms with Gasteiger partial charge in [0.25, 0.3) is 0 Å². The molecule has 0 aromatic heterocycles. The van der Waals surface area contributed by atoms with E-state index in [9.17, 15) is 0 Å². The third-order valence-electron chi connectivity index (χ3n) is 3.99. The SMILES string of the molecule is COC(C)(C)CNC1CCN(c2ccccc2)CC1. The first-order valence-corrected chi connectivity index (χ1v) is 7.19. The van der Waals surface area contributed by atoms with Crippen LogP contribution in [0.3, 0.4) is 0 Å². The summed E-state index contributed by atoms with van der Waals surface area (Å²) >= 11 is 0. The second-order valence-electron chi connectivity index (χ2n) is 5.94. The van der Waals surface area contributed by atoms with Crippen LogP contribution in [-0.2, 0) is 4.74 Å². The number of hydrogen-bond donors (Lipinski definition) is 1. The van der Waals surface area contributed by atoms with E-state index in [1.54, 1.807) is 7.11 Å². The number of ether oxygens (including phenoxy) is 1. The highest BCUT2D eigenvalue weighted by molar-refractivity contribution is 5.46. The van der Waals surface area contributed by atoms with Crippen LogP contribution >= 0.6 is 0 Å². The number of piperidine rings is 1. The summed E-state index contributed by atoms with van der Waals surface area (Å²) in [6.45, 7) is 7.43. The highest BCUT2D eigenvalue weighted by Crippen LogP contribution is 2.19. The smallest absolute Gasteiger partial charge is 0.0746 e. The number of nitrogens with zero attached hydrogens (tertiary/aromatic N) is 1. The second-order valence-corrected chi connectivity index (χ2v) is 5.94. The molecule has 2 rings (SSSR count). The van der Waals surface area contributed by atoms with Crippen LogP contribution in [0.2, 0.25) is 0 Å². The van der Waals surface area contributed by atoms with Gasteiger partial charge >= 0.3 is 0 Å². The Bertz CT molecular complexity index is 370. The van der Waals surface area contributed by atoms with Gasteiger partial charge in [0.15, 0.2) is 0 Å². The zero-order chi connectivity index (χ0) is 13.7. The number of anilines is 1. The molecule has 0 atom stereocenters. The molecule has 1 aliphatic heterocycles. The summed E-state index contributed by atoms with van der Waals surface area (Å²) in [6.07, 6.45) is 2.41. The minimum Gasteiger partial charge on any atom is -0.377 e. The maximum Gasteiger partial charge on any atom is 0.0746 e. The molecule has 1 N–H and O–H groups in total. The quantitative estimate of drug-likeness (QED) is 0.883. The van der Waals surface area contributed by atoms with Crippen molar-refractivity contribution >= 4 is 5.69 Å². The summed E-state index contributed by atoms with van der Waals surface area (Å²) in [7, 11) is 1.78. The van der Waals surface area contributed by atoms with Crippen LogP contribution in [-0.4, -0.2) is 38.4 Å². The van der Waals surface area contributed by atoms with Crippen molar-refractivity contribution in [3.8, 4) is 0 Å². The average Bonchev–Trinajstić information content (AvgIpc) is 2.47. The van der Waals surface area contributed by atoms with Gasteiger partial charge in [0.1, 0.15) is 0 Å². The molecule has 1 saturated heterocycles. The van der Waals surface area contributed by atoms with E-state index in [2.05, 4.69) is 54.4 Å². The van der Waals surface area contributed by atoms with E-state index in [0.717, 1.165) is 19.6 Å². The summed E-state index contributed by atoms with van der Waals surface area (Å²) in [5.41, 5.74) is 1.27. The molecule has 0 aliphatic carbocycles. The van der Waals surface area contributed by atoms with Crippen LogP contribution in [0, 0.1) is 0 Å². The molecule has 0 saturated carbocycles. The highest BCUT2D eigenvalue weighted by atomic mass is 16.5. The van der Waals surface area contributed by atoms with Crippen LogP contribution in [0.15, 0.2) is 30.3 Å². The number of para-hydroxylation sites is 1. The van der Waals surface area contributed by atoms with E-state index in [-0.39, 0.29) is 5.60 Å². The number of rotatable bonds is 5. The largest absolute Gasteiger partial charge is 0.377 e. The third-order valence-corrected chi connectivity index (χ3v) is 3.99. The first-order valence-electron chi connectivity index (χ1n) is 7.19. The van der Waals surface area contributed by atoms with Gasteiger partial charge in [-0.25, -0.2) is 0 Å². The minimum atomic E-state index is -0.0729. The molecule has 1 heterocycles. The molecule has 1 aromatic carbocycles. The fourth-order valence-corrected chi connectivity index (χ4v) is 2.44. The molecular weight excluding hydrogens is 236 g/mol. The summed E-state index contributed by atoms with van der Waals surface area (Å²) in [5.74, 6) is 0. The van der Waals surface area contributed by atoms with E-state index in [0.29, 0.717) is 6.04 Å². The van der Waals surface area contributed by atoms with Crippen LogP contribution in [0.5, 0.6) is 0 Å². The van der Waals surface area contributed by atoms with Crippen LogP contribution in [0.25, 0.3) is 0 Å². The molecule has 19 heavy (non-hydrogen) atoms. The van der Waals surface area contributed by atoms with E-state index < -0.39 is 0 Å². The van der Waals surface area contributed by atoms with E-state index in [4.69, 9.17) is 4.74 Å². The van der Waals surface area contributed by atoms with Crippen molar-refractivity contribution in [3.63, 3.8) is 0 Å². The summed E-state index contributed by atoms with van der Waals surface area (Å²) in [5, 5.41) is 3.63. The van der Waals surface area contributed by atoms with Crippen molar-refractivity contribution in [2.45, 2.75) is 38.3 Å². The lowest BCUT2D eigenvalue weighted by Crippen LogP contribution is -2.47. The van der Waals surface area contributed by atoms with E-state index in [1.165, 1.54) is 18.5 Å². The average molecular weight is 262 g/mol. The standard InChI is InChI=1S/C16H26N2O/c1-16(2,19-3)13-17-14-9-11-18(12-10-14)15-7-5-4-6-8-15/h4-8,14,17H,9-13H2,1-3H3. The topological polar surface area (TPSA) is 24.5 Å². The molecule has 1 fully saturated rings. The number of benzene rings is 1. The van der Waals surface area contributed by atoms with Crippen molar-refractivity contribution in [1.29, 1.82) is 0 Å². The van der Waals surface area contributed by atoms with Gasteiger partial charge in [0.2, 0.25) is 0 Å². The monoisotopic (exact) mass is 262 g/mol. The Kier molecular flexibility index (Phi) is 4.83. The number of hydrogen-bond acceptors (Lipinski definition) is 3. The zero-order valence-corrected chi connectivity index (χ0v) is 12.4. The van der Waals surface area contributed by atoms with Gasteiger partial charge < -0.3 is 15.0 Å². The first-order chi connectivity index (χ1) is 9.11. The first kappa shape index (κ1) is 14.4. The molecule has 3 heteroatoms. The molecule has 1 aliphatic rings. The Hall–Kier alpha value is -1.06. The Morgan fingerprint density at radius 2 is 1.84 bits per heavy atom. The molecule has 3 nitrogen and oxygen atoms in total. The predicted molar refractivity (Wildman–Crippen MR) is 80.8 cm³/mol. The van der Waals surface area contributed by atoms with E-state index >= 15 is 0 Å². The van der Waals surface area contributed by atoms with Gasteiger partial charge in [-0.05, 0) is 38.8 Å². The molecule has 0 radical (unpaired) electrons. The Morgan fingerprint density at radius 1 is 1.21 bits per heavy atom. The third kappa shape index (κ3) is 4.22. The van der Waals surface area contributed by atoms with Crippen molar-refractivity contribution in [3.05, 3.63) is 30.3 Å². The molecule has 106 valence electrons. The van der Waals surface area contributed by atoms with Gasteiger partial charge in [-0.15, -0.1) is 0 Å². The molecular formula is C16H26N2O. The lowest BCUT2D eigenvalue weighted by Gasteiger charge is -2.35. The lowest BCUT2D eigenvalue weighted by atomic mass is 10.0. The Morgan fingerprint density at radius 3 is 2.42 bits per heavy atom. The van der Waals surface area contributed by atoms with Crippen molar-refractivity contribution in [2.24, 2.45) is 0 Å². The molecule has 0 amide bonds. The zero-order valence-electron chi connectivity index (χ0n) is 12.4. The van der Waals surface area contributed by atoms with Gasteiger partial charge in [0.05, 0.1) is 5.60 Å². The Labute approximate surface area is 116 Å². The van der Waals surface area contributed by atoms with Crippen molar-refractivity contribution < 1.29 is 4.74 Å². The van der Waals surface area contributed by atoms with Crippen LogP contribution in [0.4, 0.5) is 5.69 Å². The molecule has 0 unspecified atom stereocenters. The summed E-state index contributed by atoms with van der Waals surface area (Å²) in [6, 6.07) is 11.3. The van der Waals surface area contributed by atoms with Gasteiger partial charge in [-0.3, -0.25) is 0 Å². The van der Waals surface area contributed by atoms with Crippen LogP contribution in [0.1, 0.15) is 26.7 Å². The van der Waals surface area contributed by atoms with Gasteiger partial charge in [0, 0.05) is 38.5 Å². The van der Waals surface area contributed by atoms with Crippen molar-refractivity contribution in [2.75, 3.05) is 31.6 Å².